The van der Waals surface area contributed by atoms with E-state index < -0.39 is 0 Å². The largest absolute Gasteiger partial charge is 0.299 e. The van der Waals surface area contributed by atoms with Crippen molar-refractivity contribution in [1.29, 1.82) is 0 Å². The van der Waals surface area contributed by atoms with Gasteiger partial charge < -0.3 is 0 Å². The van der Waals surface area contributed by atoms with E-state index in [1.54, 1.807) is 11.3 Å². The minimum Gasteiger partial charge on any atom is -0.299 e. The van der Waals surface area contributed by atoms with Crippen LogP contribution in [0.25, 0.3) is 0 Å². The highest BCUT2D eigenvalue weighted by molar-refractivity contribution is 9.10. The molecule has 16 heavy (non-hydrogen) atoms. The van der Waals surface area contributed by atoms with Crippen LogP contribution in [0.4, 0.5) is 0 Å². The highest BCUT2D eigenvalue weighted by Gasteiger charge is 2.25. The maximum Gasteiger partial charge on any atom is 0.141 e. The number of rotatable bonds is 3. The van der Waals surface area contributed by atoms with Crippen LogP contribution < -0.4 is 0 Å². The number of Topliss-reactive ketones (excluding diaryl/α,β-unsaturated/α-hetero) is 1. The standard InChI is InChI=1S/C13H17BrOS/c1-9-3-2-4-10(7-9)12(15)8-13-11(14)5-6-16-13/h5-6,9-10H,2-4,7-8H2,1H3. The van der Waals surface area contributed by atoms with Gasteiger partial charge in [0.1, 0.15) is 5.78 Å². The van der Waals surface area contributed by atoms with Gasteiger partial charge in [-0.3, -0.25) is 4.79 Å². The van der Waals surface area contributed by atoms with Gasteiger partial charge in [0.15, 0.2) is 0 Å². The number of hydrogen-bond donors (Lipinski definition) is 0. The third-order valence-electron chi connectivity index (χ3n) is 3.42. The summed E-state index contributed by atoms with van der Waals surface area (Å²) in [6.07, 6.45) is 5.35. The third-order valence-corrected chi connectivity index (χ3v) is 5.34. The average Bonchev–Trinajstić information content (AvgIpc) is 2.64. The molecule has 1 aromatic heterocycles. The van der Waals surface area contributed by atoms with E-state index in [2.05, 4.69) is 22.9 Å². The Bertz CT molecular complexity index is 372. The van der Waals surface area contributed by atoms with E-state index in [4.69, 9.17) is 0 Å². The summed E-state index contributed by atoms with van der Waals surface area (Å²) in [6.45, 7) is 2.26. The number of halogens is 1. The summed E-state index contributed by atoms with van der Waals surface area (Å²) >= 11 is 5.16. The van der Waals surface area contributed by atoms with Crippen molar-refractivity contribution in [3.8, 4) is 0 Å². The smallest absolute Gasteiger partial charge is 0.141 e. The van der Waals surface area contributed by atoms with E-state index in [0.29, 0.717) is 18.1 Å². The Hall–Kier alpha value is -0.150. The van der Waals surface area contributed by atoms with E-state index in [0.717, 1.165) is 23.2 Å². The molecule has 0 bridgehead atoms. The molecular weight excluding hydrogens is 284 g/mol. The summed E-state index contributed by atoms with van der Waals surface area (Å²) in [5.41, 5.74) is 0. The fourth-order valence-corrected chi connectivity index (χ4v) is 3.98. The molecule has 1 nitrogen and oxygen atoms in total. The Morgan fingerprint density at radius 2 is 2.38 bits per heavy atom. The molecule has 2 rings (SSSR count). The second kappa shape index (κ2) is 5.46. The normalized spacial score (nSPS) is 25.6. The van der Waals surface area contributed by atoms with Crippen molar-refractivity contribution < 1.29 is 4.79 Å². The van der Waals surface area contributed by atoms with Gasteiger partial charge in [-0.05, 0) is 46.1 Å². The molecule has 0 aliphatic heterocycles. The van der Waals surface area contributed by atoms with Crippen LogP contribution in [0.15, 0.2) is 15.9 Å². The lowest BCUT2D eigenvalue weighted by Gasteiger charge is -2.25. The predicted octanol–water partition coefficient (Wildman–Crippen LogP) is 4.45. The highest BCUT2D eigenvalue weighted by atomic mass is 79.9. The second-order valence-electron chi connectivity index (χ2n) is 4.80. The molecule has 0 saturated heterocycles. The van der Waals surface area contributed by atoms with Crippen molar-refractivity contribution in [2.75, 3.05) is 0 Å². The molecule has 88 valence electrons. The molecule has 1 aliphatic carbocycles. The summed E-state index contributed by atoms with van der Waals surface area (Å²) in [6, 6.07) is 2.02. The quantitative estimate of drug-likeness (QED) is 0.806. The molecule has 0 aromatic carbocycles. The SMILES string of the molecule is CC1CCCC(C(=O)Cc2sccc2Br)C1. The molecule has 3 heteroatoms. The zero-order valence-corrected chi connectivity index (χ0v) is 11.9. The van der Waals surface area contributed by atoms with Gasteiger partial charge >= 0.3 is 0 Å². The van der Waals surface area contributed by atoms with Crippen molar-refractivity contribution in [2.45, 2.75) is 39.0 Å². The van der Waals surface area contributed by atoms with Crippen molar-refractivity contribution in [3.05, 3.63) is 20.8 Å². The van der Waals surface area contributed by atoms with Crippen LogP contribution in [0, 0.1) is 11.8 Å². The molecule has 1 aliphatic rings. The van der Waals surface area contributed by atoms with Crippen molar-refractivity contribution in [3.63, 3.8) is 0 Å². The number of thiophene rings is 1. The van der Waals surface area contributed by atoms with Crippen LogP contribution in [-0.4, -0.2) is 5.78 Å². The zero-order valence-electron chi connectivity index (χ0n) is 9.54. The minimum atomic E-state index is 0.317. The lowest BCUT2D eigenvalue weighted by molar-refractivity contribution is -0.123. The number of carbonyl (C=O) groups excluding carboxylic acids is 1. The Balaban J connectivity index is 1.95. The monoisotopic (exact) mass is 300 g/mol. The molecule has 1 fully saturated rings. The van der Waals surface area contributed by atoms with E-state index in [1.165, 1.54) is 17.7 Å². The molecule has 0 N–H and O–H groups in total. The van der Waals surface area contributed by atoms with Crippen molar-refractivity contribution >= 4 is 33.0 Å². The first-order chi connectivity index (χ1) is 7.66. The summed E-state index contributed by atoms with van der Waals surface area (Å²) in [7, 11) is 0. The fraction of sp³-hybridized carbons (Fsp3) is 0.615. The first-order valence-corrected chi connectivity index (χ1v) is 7.58. The Morgan fingerprint density at radius 1 is 1.56 bits per heavy atom. The fourth-order valence-electron chi connectivity index (χ4n) is 2.48. The van der Waals surface area contributed by atoms with Crippen LogP contribution >= 0.6 is 27.3 Å². The summed E-state index contributed by atoms with van der Waals surface area (Å²) in [5, 5.41) is 2.04. The van der Waals surface area contributed by atoms with Crippen LogP contribution in [-0.2, 0) is 11.2 Å². The van der Waals surface area contributed by atoms with Gasteiger partial charge in [0, 0.05) is 21.7 Å². The maximum absolute atomic E-state index is 12.1. The zero-order chi connectivity index (χ0) is 11.5. The predicted molar refractivity (Wildman–Crippen MR) is 71.9 cm³/mol. The molecule has 2 unspecified atom stereocenters. The Labute approximate surface area is 109 Å². The summed E-state index contributed by atoms with van der Waals surface area (Å²) < 4.78 is 1.09. The van der Waals surface area contributed by atoms with Gasteiger partial charge in [0.05, 0.1) is 0 Å². The molecule has 0 spiro atoms. The van der Waals surface area contributed by atoms with Crippen LogP contribution in [0.5, 0.6) is 0 Å². The molecule has 1 saturated carbocycles. The topological polar surface area (TPSA) is 17.1 Å². The molecular formula is C13H17BrOS. The first-order valence-electron chi connectivity index (χ1n) is 5.91. The van der Waals surface area contributed by atoms with Crippen molar-refractivity contribution in [2.24, 2.45) is 11.8 Å². The maximum atomic E-state index is 12.1. The Morgan fingerprint density at radius 3 is 3.00 bits per heavy atom. The van der Waals surface area contributed by atoms with E-state index in [1.807, 2.05) is 11.4 Å². The molecule has 1 aromatic rings. The summed E-state index contributed by atoms with van der Waals surface area (Å²) in [5.74, 6) is 1.49. The van der Waals surface area contributed by atoms with E-state index >= 15 is 0 Å². The van der Waals surface area contributed by atoms with Crippen molar-refractivity contribution in [1.82, 2.24) is 0 Å². The van der Waals surface area contributed by atoms with E-state index in [9.17, 15) is 4.79 Å². The van der Waals surface area contributed by atoms with Crippen LogP contribution in [0.1, 0.15) is 37.5 Å². The van der Waals surface area contributed by atoms with Crippen LogP contribution in [0.3, 0.4) is 0 Å². The van der Waals surface area contributed by atoms with Gasteiger partial charge in [-0.2, -0.15) is 0 Å². The third kappa shape index (κ3) is 2.95. The minimum absolute atomic E-state index is 0.317. The molecule has 1 heterocycles. The van der Waals surface area contributed by atoms with Gasteiger partial charge in [-0.15, -0.1) is 11.3 Å². The molecule has 0 amide bonds. The number of ketones is 1. The Kier molecular flexibility index (Phi) is 4.20. The van der Waals surface area contributed by atoms with Gasteiger partial charge in [0.2, 0.25) is 0 Å². The van der Waals surface area contributed by atoms with Gasteiger partial charge in [-0.25, -0.2) is 0 Å². The van der Waals surface area contributed by atoms with Gasteiger partial charge in [0.25, 0.3) is 0 Å². The van der Waals surface area contributed by atoms with Gasteiger partial charge in [-0.1, -0.05) is 19.8 Å². The lowest BCUT2D eigenvalue weighted by Crippen LogP contribution is -2.23. The molecule has 2 atom stereocenters. The van der Waals surface area contributed by atoms with Crippen LogP contribution in [0.2, 0.25) is 0 Å². The lowest BCUT2D eigenvalue weighted by atomic mass is 9.79. The summed E-state index contributed by atoms with van der Waals surface area (Å²) in [4.78, 5) is 13.3. The number of carbonyl (C=O) groups is 1. The second-order valence-corrected chi connectivity index (χ2v) is 6.66. The first kappa shape index (κ1) is 12.3. The average molecular weight is 301 g/mol. The highest BCUT2D eigenvalue weighted by Crippen LogP contribution is 2.31. The van der Waals surface area contributed by atoms with E-state index in [-0.39, 0.29) is 0 Å². The number of hydrogen-bond acceptors (Lipinski definition) is 2. The molecule has 0 radical (unpaired) electrons.